The second kappa shape index (κ2) is 19.0. The Morgan fingerprint density at radius 1 is 0.434 bits per heavy atom. The Morgan fingerprint density at radius 3 is 1.61 bits per heavy atom. The van der Waals surface area contributed by atoms with Crippen LogP contribution in [-0.2, 0) is 32.5 Å². The first-order valence-electron chi connectivity index (χ1n) is 27.1. The van der Waals surface area contributed by atoms with Crippen molar-refractivity contribution in [3.8, 4) is 28.7 Å². The van der Waals surface area contributed by atoms with Crippen LogP contribution in [0.2, 0.25) is 0 Å². The Hall–Kier alpha value is -7.50. The number of hydrogen-bond acceptors (Lipinski definition) is 2. The summed E-state index contributed by atoms with van der Waals surface area (Å²) in [6, 6.07) is 66.2. The lowest BCUT2D eigenvalue weighted by Crippen LogP contribution is -2.43. The van der Waals surface area contributed by atoms with Crippen LogP contribution in [0.3, 0.4) is 0 Å². The van der Waals surface area contributed by atoms with Crippen molar-refractivity contribution >= 4 is 21.8 Å². The van der Waals surface area contributed by atoms with Crippen molar-refractivity contribution in [1.82, 2.24) is 14.1 Å². The second-order valence-electron chi connectivity index (χ2n) is 25.7. The van der Waals surface area contributed by atoms with Crippen LogP contribution in [0.5, 0.6) is 11.5 Å². The van der Waals surface area contributed by atoms with Gasteiger partial charge in [0, 0.05) is 39.3 Å². The summed E-state index contributed by atoms with van der Waals surface area (Å²) < 4.78 is 14.2. The van der Waals surface area contributed by atoms with Gasteiger partial charge >= 0.3 is 0 Å². The minimum absolute atomic E-state index is 0.0460. The van der Waals surface area contributed by atoms with Gasteiger partial charge in [-0.15, -0.1) is 0 Å². The van der Waals surface area contributed by atoms with Crippen LogP contribution < -0.4 is 9.30 Å². The van der Waals surface area contributed by atoms with E-state index in [0.29, 0.717) is 0 Å². The normalized spacial score (nSPS) is 12.9. The minimum Gasteiger partial charge on any atom is -0.458 e. The molecule has 0 saturated heterocycles. The summed E-state index contributed by atoms with van der Waals surface area (Å²) in [5.74, 6) is 2.39. The van der Waals surface area contributed by atoms with E-state index in [9.17, 15) is 0 Å². The van der Waals surface area contributed by atoms with E-state index in [0.717, 1.165) is 51.1 Å². The smallest absolute Gasteiger partial charge is 0.269 e. The quantitative estimate of drug-likeness (QED) is 0.0956. The Kier molecular flexibility index (Phi) is 13.0. The Bertz CT molecular complexity index is 3740. The molecule has 10 aromatic rings. The highest BCUT2D eigenvalue weighted by Gasteiger charge is 2.41. The number of benzene rings is 7. The molecular formula is C71H76N4O. The van der Waals surface area contributed by atoms with Crippen molar-refractivity contribution in [2.45, 2.75) is 136 Å². The zero-order valence-corrected chi connectivity index (χ0v) is 47.6. The topological polar surface area (TPSA) is 35.9 Å². The van der Waals surface area contributed by atoms with Gasteiger partial charge in [0.15, 0.2) is 0 Å². The van der Waals surface area contributed by atoms with Crippen LogP contribution >= 0.6 is 0 Å². The van der Waals surface area contributed by atoms with Gasteiger partial charge in [-0.05, 0) is 110 Å². The van der Waals surface area contributed by atoms with Gasteiger partial charge in [0.1, 0.15) is 17.3 Å². The first-order chi connectivity index (χ1) is 35.8. The highest BCUT2D eigenvalue weighted by molar-refractivity contribution is 6.11. The van der Waals surface area contributed by atoms with E-state index in [1.54, 1.807) is 0 Å². The number of para-hydroxylation sites is 1. The Labute approximate surface area is 452 Å². The van der Waals surface area contributed by atoms with Crippen molar-refractivity contribution in [1.29, 1.82) is 0 Å². The number of pyridine rings is 1. The molecule has 0 atom stereocenters. The average molecular weight is 1000 g/mol. The molecule has 0 aliphatic heterocycles. The second-order valence-corrected chi connectivity index (χ2v) is 25.7. The summed E-state index contributed by atoms with van der Waals surface area (Å²) in [4.78, 5) is 5.02. The molecule has 0 aliphatic carbocycles. The van der Waals surface area contributed by atoms with Gasteiger partial charge in [0.05, 0.1) is 33.8 Å². The summed E-state index contributed by atoms with van der Waals surface area (Å²) >= 11 is 0. The summed E-state index contributed by atoms with van der Waals surface area (Å²) in [5.41, 5.74) is 13.5. The summed E-state index contributed by atoms with van der Waals surface area (Å²) in [6.45, 7) is 34.8. The molecule has 10 rings (SSSR count). The summed E-state index contributed by atoms with van der Waals surface area (Å²) in [5, 5.41) is 2.41. The van der Waals surface area contributed by atoms with E-state index in [-0.39, 0.29) is 21.7 Å². The van der Waals surface area contributed by atoms with Crippen molar-refractivity contribution in [3.63, 3.8) is 0 Å². The van der Waals surface area contributed by atoms with Gasteiger partial charge in [0.25, 0.3) is 6.33 Å². The highest BCUT2D eigenvalue weighted by Crippen LogP contribution is 2.45. The molecule has 7 aromatic carbocycles. The fraction of sp³-hybridized carbons (Fsp3) is 0.296. The lowest BCUT2D eigenvalue weighted by Gasteiger charge is -2.35. The lowest BCUT2D eigenvalue weighted by atomic mass is 9.72. The molecule has 3 aromatic heterocycles. The van der Waals surface area contributed by atoms with Gasteiger partial charge in [-0.1, -0.05) is 225 Å². The first-order valence-corrected chi connectivity index (χ1v) is 27.1. The monoisotopic (exact) mass is 1000 g/mol. The van der Waals surface area contributed by atoms with Crippen LogP contribution in [0.15, 0.2) is 188 Å². The van der Waals surface area contributed by atoms with Crippen molar-refractivity contribution in [2.24, 2.45) is 0 Å². The van der Waals surface area contributed by atoms with E-state index in [1.807, 2.05) is 6.20 Å². The fourth-order valence-corrected chi connectivity index (χ4v) is 11.3. The van der Waals surface area contributed by atoms with Gasteiger partial charge < -0.3 is 4.74 Å². The molecule has 0 amide bonds. The number of imidazole rings is 1. The zero-order valence-electron chi connectivity index (χ0n) is 47.6. The average Bonchev–Trinajstić information content (AvgIpc) is 4.14. The van der Waals surface area contributed by atoms with Crippen molar-refractivity contribution in [2.75, 3.05) is 0 Å². The van der Waals surface area contributed by atoms with E-state index < -0.39 is 10.8 Å². The van der Waals surface area contributed by atoms with E-state index in [1.165, 1.54) is 49.7 Å². The first kappa shape index (κ1) is 52.0. The number of fused-ring (bicyclic) bond motifs is 3. The molecule has 5 nitrogen and oxygen atoms in total. The lowest BCUT2D eigenvalue weighted by molar-refractivity contribution is -0.611. The SMILES string of the molecule is CC(C)(C)c1cc(-[n+]2[c-]n(-c3cccc(Oc4cc(C(C)(C)C)c5c6ccccc6n(-c6cc(C(C)(C)C)ccn6)c5c4)c3)c(C(C)(C)c3ccccc3)c2C(C)(C)c2ccccc2)cc(C(C)(C)c2ccccc2)c1. The Morgan fingerprint density at radius 2 is 1.00 bits per heavy atom. The Balaban J connectivity index is 1.22. The maximum atomic E-state index is 7.20. The van der Waals surface area contributed by atoms with Gasteiger partial charge in [0.2, 0.25) is 0 Å². The predicted molar refractivity (Wildman–Crippen MR) is 317 cm³/mol. The maximum Gasteiger partial charge on any atom is 0.269 e. The van der Waals surface area contributed by atoms with Crippen LogP contribution in [0.25, 0.3) is 39.0 Å². The molecule has 0 bridgehead atoms. The van der Waals surface area contributed by atoms with E-state index >= 15 is 0 Å². The molecule has 0 radical (unpaired) electrons. The fourth-order valence-electron chi connectivity index (χ4n) is 11.3. The molecule has 0 aliphatic rings. The molecule has 5 heteroatoms. The van der Waals surface area contributed by atoms with Crippen LogP contribution in [0.4, 0.5) is 0 Å². The molecule has 0 spiro atoms. The van der Waals surface area contributed by atoms with E-state index in [2.05, 4.69) is 306 Å². The molecular weight excluding hydrogens is 925 g/mol. The number of nitrogens with zero attached hydrogens (tertiary/aromatic N) is 4. The third kappa shape index (κ3) is 9.48. The molecule has 76 heavy (non-hydrogen) atoms. The summed E-state index contributed by atoms with van der Waals surface area (Å²) in [7, 11) is 0. The maximum absolute atomic E-state index is 7.20. The van der Waals surface area contributed by atoms with Crippen LogP contribution in [0, 0.1) is 6.33 Å². The molecule has 0 unspecified atom stereocenters. The van der Waals surface area contributed by atoms with Crippen molar-refractivity contribution in [3.05, 3.63) is 245 Å². The largest absolute Gasteiger partial charge is 0.458 e. The highest BCUT2D eigenvalue weighted by atomic mass is 16.5. The predicted octanol–water partition coefficient (Wildman–Crippen LogP) is 17.7. The third-order valence-corrected chi connectivity index (χ3v) is 16.0. The van der Waals surface area contributed by atoms with Gasteiger partial charge in [-0.2, -0.15) is 0 Å². The number of ether oxygens (including phenoxy) is 1. The van der Waals surface area contributed by atoms with E-state index in [4.69, 9.17) is 9.72 Å². The molecule has 386 valence electrons. The number of rotatable bonds is 11. The van der Waals surface area contributed by atoms with Crippen molar-refractivity contribution < 1.29 is 9.30 Å². The summed E-state index contributed by atoms with van der Waals surface area (Å²) in [6.07, 6.45) is 6.04. The molecule has 0 saturated carbocycles. The number of aromatic nitrogens is 4. The molecule has 0 fully saturated rings. The van der Waals surface area contributed by atoms with Crippen LogP contribution in [0.1, 0.15) is 154 Å². The minimum atomic E-state index is -0.507. The van der Waals surface area contributed by atoms with Gasteiger partial charge in [-0.25, -0.2) is 4.98 Å². The standard InChI is InChI=1S/C71H76N4O/c1-66(2,3)51-38-39-72-62(43-51)75-60-37-26-25-36-58(60)63-59(68(7,8)9)45-57(46-61(63)75)76-56-35-27-34-54(44-56)73-47-74(55-41-52(67(4,5)6)40-53(42-55)69(10,11)48-28-19-16-20-29-48)65(71(14,15)50-32-23-18-24-33-50)64(73)70(12,13)49-30-21-17-22-31-49/h16-46H,1-15H3. The number of hydrogen-bond donors (Lipinski definition) is 0. The van der Waals surface area contributed by atoms with Gasteiger partial charge in [-0.3, -0.25) is 13.7 Å². The molecule has 3 heterocycles. The third-order valence-electron chi connectivity index (χ3n) is 16.0. The van der Waals surface area contributed by atoms with Crippen LogP contribution in [-0.4, -0.2) is 14.1 Å². The molecule has 0 N–H and O–H groups in total. The zero-order chi connectivity index (χ0) is 54.2.